The van der Waals surface area contributed by atoms with Crippen molar-refractivity contribution in [3.05, 3.63) is 71.9 Å². The summed E-state index contributed by atoms with van der Waals surface area (Å²) in [5.41, 5.74) is 3.00. The van der Waals surface area contributed by atoms with E-state index in [1.165, 1.54) is 0 Å². The van der Waals surface area contributed by atoms with Crippen molar-refractivity contribution in [3.63, 3.8) is 0 Å². The SMILES string of the molecule is Cc1cccc(OCCN(C)C(=O)Cc2cccc3cccnc23)c1. The first-order chi connectivity index (χ1) is 12.1. The fourth-order valence-corrected chi connectivity index (χ4v) is 2.74. The van der Waals surface area contributed by atoms with Gasteiger partial charge in [-0.15, -0.1) is 0 Å². The number of aryl methyl sites for hydroxylation is 1. The quantitative estimate of drug-likeness (QED) is 0.691. The van der Waals surface area contributed by atoms with E-state index in [1.54, 1.807) is 18.1 Å². The van der Waals surface area contributed by atoms with Crippen LogP contribution in [0.4, 0.5) is 0 Å². The number of pyridine rings is 1. The number of fused-ring (bicyclic) bond motifs is 1. The fraction of sp³-hybridized carbons (Fsp3) is 0.238. The Morgan fingerprint density at radius 3 is 2.76 bits per heavy atom. The summed E-state index contributed by atoms with van der Waals surface area (Å²) in [6, 6.07) is 17.8. The van der Waals surface area contributed by atoms with E-state index in [9.17, 15) is 4.79 Å². The summed E-state index contributed by atoms with van der Waals surface area (Å²) < 4.78 is 5.72. The molecule has 0 bridgehead atoms. The molecule has 2 aromatic carbocycles. The molecule has 0 unspecified atom stereocenters. The van der Waals surface area contributed by atoms with Crippen molar-refractivity contribution in [1.82, 2.24) is 9.88 Å². The van der Waals surface area contributed by atoms with Crippen molar-refractivity contribution in [2.75, 3.05) is 20.2 Å². The predicted molar refractivity (Wildman–Crippen MR) is 99.8 cm³/mol. The molecule has 0 N–H and O–H groups in total. The molecule has 1 heterocycles. The van der Waals surface area contributed by atoms with Gasteiger partial charge in [0.15, 0.2) is 0 Å². The molecular weight excluding hydrogens is 312 g/mol. The average Bonchev–Trinajstić information content (AvgIpc) is 2.62. The van der Waals surface area contributed by atoms with Crippen LogP contribution in [0.3, 0.4) is 0 Å². The second-order valence-corrected chi connectivity index (χ2v) is 6.15. The highest BCUT2D eigenvalue weighted by Gasteiger charge is 2.12. The molecular formula is C21H22N2O2. The van der Waals surface area contributed by atoms with Gasteiger partial charge in [0.05, 0.1) is 18.5 Å². The van der Waals surface area contributed by atoms with Crippen molar-refractivity contribution >= 4 is 16.8 Å². The molecule has 128 valence electrons. The Balaban J connectivity index is 1.57. The van der Waals surface area contributed by atoms with Gasteiger partial charge in [-0.1, -0.05) is 36.4 Å². The number of nitrogens with zero attached hydrogens (tertiary/aromatic N) is 2. The molecule has 3 rings (SSSR count). The lowest BCUT2D eigenvalue weighted by molar-refractivity contribution is -0.129. The minimum absolute atomic E-state index is 0.0611. The minimum Gasteiger partial charge on any atom is -0.492 e. The van der Waals surface area contributed by atoms with Crippen LogP contribution < -0.4 is 4.74 Å². The molecule has 0 spiro atoms. The second kappa shape index (κ2) is 7.79. The Bertz CT molecular complexity index is 871. The Kier molecular flexibility index (Phi) is 5.29. The molecule has 4 nitrogen and oxygen atoms in total. The molecule has 4 heteroatoms. The van der Waals surface area contributed by atoms with Gasteiger partial charge in [0.25, 0.3) is 0 Å². The van der Waals surface area contributed by atoms with Crippen molar-refractivity contribution in [1.29, 1.82) is 0 Å². The number of para-hydroxylation sites is 1. The normalized spacial score (nSPS) is 10.6. The van der Waals surface area contributed by atoms with Crippen molar-refractivity contribution in [2.24, 2.45) is 0 Å². The first-order valence-electron chi connectivity index (χ1n) is 8.39. The highest BCUT2D eigenvalue weighted by atomic mass is 16.5. The predicted octanol–water partition coefficient (Wildman–Crippen LogP) is 3.62. The molecule has 1 amide bonds. The molecule has 0 saturated carbocycles. The Hall–Kier alpha value is -2.88. The van der Waals surface area contributed by atoms with Crippen LogP contribution in [0, 0.1) is 6.92 Å². The molecule has 0 aliphatic rings. The van der Waals surface area contributed by atoms with Crippen LogP contribution >= 0.6 is 0 Å². The van der Waals surface area contributed by atoms with Gasteiger partial charge in [-0.25, -0.2) is 0 Å². The molecule has 0 aliphatic carbocycles. The van der Waals surface area contributed by atoms with Gasteiger partial charge in [0, 0.05) is 18.6 Å². The van der Waals surface area contributed by atoms with Crippen LogP contribution in [0.5, 0.6) is 5.75 Å². The number of ether oxygens (including phenoxy) is 1. The van der Waals surface area contributed by atoms with Gasteiger partial charge < -0.3 is 9.64 Å². The van der Waals surface area contributed by atoms with Crippen LogP contribution in [-0.2, 0) is 11.2 Å². The Morgan fingerprint density at radius 1 is 1.12 bits per heavy atom. The molecule has 0 atom stereocenters. The molecule has 0 aliphatic heterocycles. The molecule has 0 saturated heterocycles. The van der Waals surface area contributed by atoms with Crippen LogP contribution in [0.1, 0.15) is 11.1 Å². The number of benzene rings is 2. The summed E-state index contributed by atoms with van der Waals surface area (Å²) in [6.45, 7) is 3.05. The van der Waals surface area contributed by atoms with Gasteiger partial charge in [0.2, 0.25) is 5.91 Å². The van der Waals surface area contributed by atoms with Gasteiger partial charge in [0.1, 0.15) is 12.4 Å². The highest BCUT2D eigenvalue weighted by Crippen LogP contribution is 2.17. The van der Waals surface area contributed by atoms with E-state index in [1.807, 2.05) is 61.5 Å². The van der Waals surface area contributed by atoms with E-state index < -0.39 is 0 Å². The number of amides is 1. The molecule has 3 aromatic rings. The fourth-order valence-electron chi connectivity index (χ4n) is 2.74. The third-order valence-corrected chi connectivity index (χ3v) is 4.17. The third-order valence-electron chi connectivity index (χ3n) is 4.17. The second-order valence-electron chi connectivity index (χ2n) is 6.15. The zero-order valence-electron chi connectivity index (χ0n) is 14.6. The van der Waals surface area contributed by atoms with Crippen LogP contribution in [0.2, 0.25) is 0 Å². The standard InChI is InChI=1S/C21H22N2O2/c1-16-6-3-10-19(14-16)25-13-12-23(2)20(24)15-18-8-4-7-17-9-5-11-22-21(17)18/h3-11,14H,12-13,15H2,1-2H3. The van der Waals surface area contributed by atoms with Gasteiger partial charge in [-0.05, 0) is 36.2 Å². The summed E-state index contributed by atoms with van der Waals surface area (Å²) in [5.74, 6) is 0.894. The largest absolute Gasteiger partial charge is 0.492 e. The first kappa shape index (κ1) is 17.0. The maximum absolute atomic E-state index is 12.5. The average molecular weight is 334 g/mol. The van der Waals surface area contributed by atoms with Crippen LogP contribution in [0.15, 0.2) is 60.8 Å². The smallest absolute Gasteiger partial charge is 0.226 e. The van der Waals surface area contributed by atoms with Gasteiger partial charge >= 0.3 is 0 Å². The van der Waals surface area contributed by atoms with Crippen LogP contribution in [-0.4, -0.2) is 36.0 Å². The summed E-state index contributed by atoms with van der Waals surface area (Å²) in [6.07, 6.45) is 2.10. The maximum atomic E-state index is 12.5. The maximum Gasteiger partial charge on any atom is 0.226 e. The minimum atomic E-state index is 0.0611. The lowest BCUT2D eigenvalue weighted by Gasteiger charge is -2.18. The van der Waals surface area contributed by atoms with E-state index in [0.29, 0.717) is 19.6 Å². The number of carbonyl (C=O) groups excluding carboxylic acids is 1. The lowest BCUT2D eigenvalue weighted by Crippen LogP contribution is -2.32. The number of hydrogen-bond acceptors (Lipinski definition) is 3. The number of rotatable bonds is 6. The summed E-state index contributed by atoms with van der Waals surface area (Å²) in [7, 11) is 1.81. The Morgan fingerprint density at radius 2 is 1.92 bits per heavy atom. The molecule has 1 aromatic heterocycles. The zero-order chi connectivity index (χ0) is 17.6. The Labute approximate surface area is 148 Å². The number of hydrogen-bond donors (Lipinski definition) is 0. The van der Waals surface area contributed by atoms with E-state index in [0.717, 1.165) is 27.8 Å². The van der Waals surface area contributed by atoms with Crippen molar-refractivity contribution < 1.29 is 9.53 Å². The number of likely N-dealkylation sites (N-methyl/N-ethyl adjacent to an activating group) is 1. The first-order valence-corrected chi connectivity index (χ1v) is 8.39. The van der Waals surface area contributed by atoms with Crippen molar-refractivity contribution in [2.45, 2.75) is 13.3 Å². The number of aromatic nitrogens is 1. The third kappa shape index (κ3) is 4.35. The molecule has 25 heavy (non-hydrogen) atoms. The van der Waals surface area contributed by atoms with Crippen LogP contribution in [0.25, 0.3) is 10.9 Å². The van der Waals surface area contributed by atoms with E-state index >= 15 is 0 Å². The zero-order valence-corrected chi connectivity index (χ0v) is 14.6. The molecule has 0 fully saturated rings. The van der Waals surface area contributed by atoms with Gasteiger partial charge in [-0.2, -0.15) is 0 Å². The summed E-state index contributed by atoms with van der Waals surface area (Å²) in [4.78, 5) is 18.6. The van der Waals surface area contributed by atoms with Crippen molar-refractivity contribution in [3.8, 4) is 5.75 Å². The topological polar surface area (TPSA) is 42.4 Å². The lowest BCUT2D eigenvalue weighted by atomic mass is 10.1. The van der Waals surface area contributed by atoms with E-state index in [-0.39, 0.29) is 5.91 Å². The summed E-state index contributed by atoms with van der Waals surface area (Å²) >= 11 is 0. The molecule has 0 radical (unpaired) electrons. The highest BCUT2D eigenvalue weighted by molar-refractivity contribution is 5.87. The monoisotopic (exact) mass is 334 g/mol. The number of carbonyl (C=O) groups is 1. The van der Waals surface area contributed by atoms with E-state index in [4.69, 9.17) is 4.74 Å². The summed E-state index contributed by atoms with van der Waals surface area (Å²) in [5, 5.41) is 1.05. The van der Waals surface area contributed by atoms with E-state index in [2.05, 4.69) is 4.98 Å². The van der Waals surface area contributed by atoms with Gasteiger partial charge in [-0.3, -0.25) is 9.78 Å².